The maximum absolute atomic E-state index is 6.01. The predicted molar refractivity (Wildman–Crippen MR) is 95.5 cm³/mol. The Morgan fingerprint density at radius 3 is 2.00 bits per heavy atom. The van der Waals surface area contributed by atoms with Crippen molar-refractivity contribution in [3.63, 3.8) is 0 Å². The molecule has 114 valence electrons. The van der Waals surface area contributed by atoms with Gasteiger partial charge in [0.1, 0.15) is 0 Å². The van der Waals surface area contributed by atoms with Gasteiger partial charge < -0.3 is 13.6 Å². The molecule has 0 atom stereocenters. The molecule has 1 heterocycles. The molecule has 0 unspecified atom stereocenters. The van der Waals surface area contributed by atoms with Crippen molar-refractivity contribution in [2.24, 2.45) is 10.8 Å². The summed E-state index contributed by atoms with van der Waals surface area (Å²) in [6.45, 7) is 1.77. The molecule has 0 N–H and O–H groups in total. The Kier molecular flexibility index (Phi) is 9.90. The van der Waals surface area contributed by atoms with Gasteiger partial charge in [-0.05, 0) is 0 Å². The number of alkyl halides is 5. The lowest BCUT2D eigenvalue weighted by Gasteiger charge is -2.37. The fourth-order valence-electron chi connectivity index (χ4n) is 1.14. The summed E-state index contributed by atoms with van der Waals surface area (Å²) in [6.07, 6.45) is 0. The number of hydrogen-bond acceptors (Lipinski definition) is 3. The zero-order chi connectivity index (χ0) is 14.4. The topological polar surface area (TPSA) is 27.7 Å². The molecule has 0 amide bonds. The first-order valence-corrected chi connectivity index (χ1v) is 11.7. The fourth-order valence-corrected chi connectivity index (χ4v) is 6.44. The molecule has 3 nitrogen and oxygen atoms in total. The van der Waals surface area contributed by atoms with E-state index >= 15 is 0 Å². The van der Waals surface area contributed by atoms with Crippen LogP contribution in [0.5, 0.6) is 0 Å². The van der Waals surface area contributed by atoms with Crippen molar-refractivity contribution in [2.75, 3.05) is 47.0 Å². The Morgan fingerprint density at radius 1 is 1.11 bits per heavy atom. The van der Waals surface area contributed by atoms with E-state index in [1.807, 2.05) is 0 Å². The average molecular weight is 570 g/mol. The van der Waals surface area contributed by atoms with E-state index in [1.54, 1.807) is 0 Å². The summed E-state index contributed by atoms with van der Waals surface area (Å²) in [4.78, 5) is 0. The highest BCUT2D eigenvalue weighted by Gasteiger charge is 2.38. The third-order valence-corrected chi connectivity index (χ3v) is 9.19. The van der Waals surface area contributed by atoms with Crippen molar-refractivity contribution < 1.29 is 13.6 Å². The van der Waals surface area contributed by atoms with E-state index < -0.39 is 8.60 Å². The van der Waals surface area contributed by atoms with Gasteiger partial charge in [-0.2, -0.15) is 0 Å². The van der Waals surface area contributed by atoms with Gasteiger partial charge in [-0.1, -0.05) is 63.7 Å². The van der Waals surface area contributed by atoms with Crippen molar-refractivity contribution in [1.29, 1.82) is 0 Å². The van der Waals surface area contributed by atoms with E-state index in [4.69, 9.17) is 25.2 Å². The van der Waals surface area contributed by atoms with E-state index in [0.29, 0.717) is 25.7 Å². The van der Waals surface area contributed by atoms with Crippen LogP contribution in [0.25, 0.3) is 0 Å². The van der Waals surface area contributed by atoms with Crippen LogP contribution in [0.3, 0.4) is 0 Å². The Morgan fingerprint density at radius 2 is 1.63 bits per heavy atom. The number of hydrogen-bond donors (Lipinski definition) is 0. The summed E-state index contributed by atoms with van der Waals surface area (Å²) in [5.41, 5.74) is -0.132. The molecule has 1 aliphatic heterocycles. The average Bonchev–Trinajstić information content (AvgIpc) is 2.50. The zero-order valence-electron chi connectivity index (χ0n) is 10.2. The molecule has 1 aliphatic rings. The second kappa shape index (κ2) is 9.61. The Balaban J connectivity index is 2.41. The summed E-state index contributed by atoms with van der Waals surface area (Å²) in [5.74, 6) is 0.513. The van der Waals surface area contributed by atoms with Gasteiger partial charge in [-0.3, -0.25) is 0 Å². The lowest BCUT2D eigenvalue weighted by molar-refractivity contribution is 0.0270. The van der Waals surface area contributed by atoms with Gasteiger partial charge in [0.2, 0.25) is 0 Å². The van der Waals surface area contributed by atoms with E-state index in [-0.39, 0.29) is 10.8 Å². The van der Waals surface area contributed by atoms with Crippen LogP contribution >= 0.6 is 83.9 Å². The van der Waals surface area contributed by atoms with E-state index in [1.165, 1.54) is 0 Å². The van der Waals surface area contributed by atoms with Gasteiger partial charge in [0.05, 0.1) is 19.8 Å². The SMILES string of the molecule is ClCC(CBr)(CBr)COP1OCC(CBr)(CBr)CO1. The number of halogens is 5. The van der Waals surface area contributed by atoms with Gasteiger partial charge in [-0.25, -0.2) is 0 Å². The van der Waals surface area contributed by atoms with Crippen LogP contribution in [0.1, 0.15) is 0 Å². The first-order valence-electron chi connectivity index (χ1n) is 5.58. The molecule has 0 aromatic heterocycles. The summed E-state index contributed by atoms with van der Waals surface area (Å²) >= 11 is 20.0. The fraction of sp³-hybridized carbons (Fsp3) is 1.00. The standard InChI is InChI=1S/C10H16Br4ClO3P/c11-1-9(2-12,5-15)6-16-19-17-7-10(3-13,4-14)8-18-19/h1-8H2. The van der Waals surface area contributed by atoms with Gasteiger partial charge in [0.15, 0.2) is 0 Å². The third-order valence-electron chi connectivity index (χ3n) is 2.85. The molecule has 0 saturated carbocycles. The third kappa shape index (κ3) is 5.58. The molecule has 1 rings (SSSR count). The second-order valence-corrected chi connectivity index (χ2v) is 8.44. The van der Waals surface area contributed by atoms with E-state index in [9.17, 15) is 0 Å². The van der Waals surface area contributed by atoms with Crippen molar-refractivity contribution in [3.8, 4) is 0 Å². The normalized spacial score (nSPS) is 20.7. The quantitative estimate of drug-likeness (QED) is 0.302. The highest BCUT2D eigenvalue weighted by Crippen LogP contribution is 2.49. The summed E-state index contributed by atoms with van der Waals surface area (Å²) < 4.78 is 17.1. The lowest BCUT2D eigenvalue weighted by Crippen LogP contribution is -2.39. The van der Waals surface area contributed by atoms with E-state index in [0.717, 1.165) is 21.3 Å². The zero-order valence-corrected chi connectivity index (χ0v) is 18.2. The van der Waals surface area contributed by atoms with Crippen molar-refractivity contribution in [3.05, 3.63) is 0 Å². The van der Waals surface area contributed by atoms with Crippen LogP contribution in [-0.4, -0.2) is 47.0 Å². The minimum atomic E-state index is -1.27. The number of rotatable bonds is 8. The Hall–Kier alpha value is 2.52. The molecule has 1 fully saturated rings. The molecule has 0 bridgehead atoms. The largest absolute Gasteiger partial charge is 0.332 e. The molecular weight excluding hydrogens is 554 g/mol. The Bertz CT molecular complexity index is 249. The van der Waals surface area contributed by atoms with Crippen LogP contribution in [0.15, 0.2) is 0 Å². The van der Waals surface area contributed by atoms with Crippen LogP contribution in [0, 0.1) is 10.8 Å². The first kappa shape index (κ1) is 19.6. The van der Waals surface area contributed by atoms with Crippen molar-refractivity contribution in [2.45, 2.75) is 0 Å². The molecule has 0 aliphatic carbocycles. The van der Waals surface area contributed by atoms with Crippen molar-refractivity contribution in [1.82, 2.24) is 0 Å². The van der Waals surface area contributed by atoms with Gasteiger partial charge >= 0.3 is 8.60 Å². The second-order valence-electron chi connectivity index (χ2n) is 4.71. The lowest BCUT2D eigenvalue weighted by atomic mass is 9.96. The predicted octanol–water partition coefficient (Wildman–Crippen LogP) is 5.07. The van der Waals surface area contributed by atoms with Crippen LogP contribution in [0.2, 0.25) is 0 Å². The molecule has 1 saturated heterocycles. The maximum atomic E-state index is 6.01. The minimum absolute atomic E-state index is 0.00336. The summed E-state index contributed by atoms with van der Waals surface area (Å²) in [6, 6.07) is 0. The Labute approximate surface area is 154 Å². The molecule has 0 aromatic rings. The van der Waals surface area contributed by atoms with Crippen LogP contribution < -0.4 is 0 Å². The highest BCUT2D eigenvalue weighted by molar-refractivity contribution is 9.10. The first-order chi connectivity index (χ1) is 9.09. The maximum Gasteiger partial charge on any atom is 0.332 e. The van der Waals surface area contributed by atoms with Crippen LogP contribution in [-0.2, 0) is 13.6 Å². The minimum Gasteiger partial charge on any atom is -0.312 e. The van der Waals surface area contributed by atoms with Crippen LogP contribution in [0.4, 0.5) is 0 Å². The summed E-state index contributed by atoms with van der Waals surface area (Å²) in [7, 11) is -1.27. The highest BCUT2D eigenvalue weighted by atomic mass is 79.9. The molecular formula is C10H16Br4ClO3P. The smallest absolute Gasteiger partial charge is 0.312 e. The molecule has 0 aromatic carbocycles. The molecule has 19 heavy (non-hydrogen) atoms. The molecule has 9 heteroatoms. The van der Waals surface area contributed by atoms with Gasteiger partial charge in [-0.15, -0.1) is 11.6 Å². The molecule has 0 radical (unpaired) electrons. The monoisotopic (exact) mass is 566 g/mol. The van der Waals surface area contributed by atoms with Gasteiger partial charge in [0.25, 0.3) is 0 Å². The molecule has 0 spiro atoms. The summed E-state index contributed by atoms with van der Waals surface area (Å²) in [5, 5.41) is 3.21. The van der Waals surface area contributed by atoms with E-state index in [2.05, 4.69) is 63.7 Å². The van der Waals surface area contributed by atoms with Crippen molar-refractivity contribution >= 4 is 83.9 Å². The van der Waals surface area contributed by atoms with Gasteiger partial charge in [0, 0.05) is 38.0 Å².